The molecule has 5 rings (SSSR count). The Morgan fingerprint density at radius 2 is 1.51 bits per heavy atom. The highest BCUT2D eigenvalue weighted by Gasteiger charge is 2.26. The molecule has 4 aromatic rings. The normalized spacial score (nSPS) is 14.5. The predicted octanol–water partition coefficient (Wildman–Crippen LogP) is 5.79. The molecule has 0 spiro atoms. The van der Waals surface area contributed by atoms with Crippen molar-refractivity contribution in [1.29, 1.82) is 0 Å². The van der Waals surface area contributed by atoms with Crippen LogP contribution in [0.4, 0.5) is 5.69 Å². The lowest BCUT2D eigenvalue weighted by atomic mass is 10.1. The van der Waals surface area contributed by atoms with Crippen LogP contribution >= 0.6 is 11.6 Å². The van der Waals surface area contributed by atoms with E-state index in [4.69, 9.17) is 16.0 Å². The third-order valence-electron chi connectivity index (χ3n) is 6.46. The van der Waals surface area contributed by atoms with Gasteiger partial charge in [-0.05, 0) is 73.5 Å². The molecule has 1 N–H and O–H groups in total. The van der Waals surface area contributed by atoms with Gasteiger partial charge in [-0.15, -0.1) is 0 Å². The van der Waals surface area contributed by atoms with Crippen LogP contribution in [0.25, 0.3) is 11.0 Å². The molecular weight excluding hydrogens is 512 g/mol. The fourth-order valence-corrected chi connectivity index (χ4v) is 6.09. The van der Waals surface area contributed by atoms with Gasteiger partial charge in [-0.2, -0.15) is 4.31 Å². The van der Waals surface area contributed by atoms with Crippen molar-refractivity contribution in [2.24, 2.45) is 0 Å². The van der Waals surface area contributed by atoms with Crippen molar-refractivity contribution in [3.63, 3.8) is 0 Å². The Bertz CT molecular complexity index is 1550. The van der Waals surface area contributed by atoms with Crippen molar-refractivity contribution in [3.8, 4) is 0 Å². The summed E-state index contributed by atoms with van der Waals surface area (Å²) in [4.78, 5) is 26.4. The first-order valence-electron chi connectivity index (χ1n) is 12.0. The van der Waals surface area contributed by atoms with Gasteiger partial charge in [0.1, 0.15) is 5.58 Å². The molecule has 0 bridgehead atoms. The molecule has 0 radical (unpaired) electrons. The van der Waals surface area contributed by atoms with E-state index in [2.05, 4.69) is 5.32 Å². The van der Waals surface area contributed by atoms with Crippen LogP contribution in [0, 0.1) is 0 Å². The van der Waals surface area contributed by atoms with E-state index in [0.29, 0.717) is 45.9 Å². The first-order valence-corrected chi connectivity index (χ1v) is 13.9. The molecule has 1 aliphatic heterocycles. The van der Waals surface area contributed by atoms with E-state index in [-0.39, 0.29) is 28.8 Å². The van der Waals surface area contributed by atoms with Crippen LogP contribution in [0.15, 0.2) is 82.1 Å². The van der Waals surface area contributed by atoms with Crippen LogP contribution < -0.4 is 5.32 Å². The zero-order valence-corrected chi connectivity index (χ0v) is 21.5. The maximum atomic E-state index is 13.2. The van der Waals surface area contributed by atoms with E-state index < -0.39 is 10.0 Å². The molecule has 1 fully saturated rings. The van der Waals surface area contributed by atoms with E-state index in [1.807, 2.05) is 12.1 Å². The van der Waals surface area contributed by atoms with Gasteiger partial charge in [0.05, 0.1) is 17.1 Å². The van der Waals surface area contributed by atoms with Crippen molar-refractivity contribution in [2.75, 3.05) is 25.0 Å². The van der Waals surface area contributed by atoms with Crippen LogP contribution in [-0.4, -0.2) is 43.9 Å². The highest BCUT2D eigenvalue weighted by Crippen LogP contribution is 2.33. The van der Waals surface area contributed by atoms with Crippen molar-refractivity contribution in [1.82, 2.24) is 4.31 Å². The number of rotatable bonds is 8. The summed E-state index contributed by atoms with van der Waals surface area (Å²) >= 11 is 5.95. The maximum absolute atomic E-state index is 13.2. The number of hydrogen-bond acceptors (Lipinski definition) is 6. The van der Waals surface area contributed by atoms with E-state index >= 15 is 0 Å². The summed E-state index contributed by atoms with van der Waals surface area (Å²) in [5.41, 5.74) is 1.71. The summed E-state index contributed by atoms with van der Waals surface area (Å²) in [6.07, 6.45) is 2.74. The molecule has 2 heterocycles. The van der Waals surface area contributed by atoms with Crippen molar-refractivity contribution in [3.05, 3.63) is 94.7 Å². The number of halogens is 1. The number of ketones is 2. The van der Waals surface area contributed by atoms with Gasteiger partial charge in [0.2, 0.25) is 15.8 Å². The van der Waals surface area contributed by atoms with E-state index in [1.54, 1.807) is 36.4 Å². The minimum atomic E-state index is -3.57. The summed E-state index contributed by atoms with van der Waals surface area (Å²) in [7, 11) is -3.57. The number of nitrogens with zero attached hydrogens (tertiary/aromatic N) is 1. The number of anilines is 1. The largest absolute Gasteiger partial charge is 0.450 e. The van der Waals surface area contributed by atoms with Crippen LogP contribution in [-0.2, 0) is 10.0 Å². The summed E-state index contributed by atoms with van der Waals surface area (Å²) in [5, 5.41) is 4.27. The zero-order chi connectivity index (χ0) is 26.0. The van der Waals surface area contributed by atoms with Crippen LogP contribution in [0.2, 0.25) is 5.02 Å². The van der Waals surface area contributed by atoms with Gasteiger partial charge in [-0.3, -0.25) is 9.59 Å². The molecule has 0 saturated carbocycles. The second-order valence-corrected chi connectivity index (χ2v) is 11.3. The van der Waals surface area contributed by atoms with Crippen molar-refractivity contribution >= 4 is 49.8 Å². The van der Waals surface area contributed by atoms with Gasteiger partial charge >= 0.3 is 0 Å². The van der Waals surface area contributed by atoms with Crippen molar-refractivity contribution in [2.45, 2.75) is 24.2 Å². The monoisotopic (exact) mass is 536 g/mol. The molecular formula is C28H25ClN2O5S. The fourth-order valence-electron chi connectivity index (χ4n) is 4.45. The second-order valence-electron chi connectivity index (χ2n) is 8.90. The van der Waals surface area contributed by atoms with Crippen molar-refractivity contribution < 1.29 is 22.4 Å². The number of carbonyl (C=O) groups excluding carboxylic acids is 2. The smallest absolute Gasteiger partial charge is 0.243 e. The molecule has 37 heavy (non-hydrogen) atoms. The number of hydrogen-bond donors (Lipinski definition) is 1. The topological polar surface area (TPSA) is 96.7 Å². The summed E-state index contributed by atoms with van der Waals surface area (Å²) in [5.74, 6) is -0.494. The van der Waals surface area contributed by atoms with Gasteiger partial charge in [-0.25, -0.2) is 8.42 Å². The molecule has 0 unspecified atom stereocenters. The lowest BCUT2D eigenvalue weighted by molar-refractivity contribution is 0.0997. The lowest BCUT2D eigenvalue weighted by Crippen LogP contribution is -2.35. The van der Waals surface area contributed by atoms with Crippen LogP contribution in [0.3, 0.4) is 0 Å². The van der Waals surface area contributed by atoms with E-state index in [1.165, 1.54) is 28.6 Å². The molecule has 0 amide bonds. The molecule has 3 aromatic carbocycles. The molecule has 7 nitrogen and oxygen atoms in total. The number of sulfonamides is 1. The number of nitrogens with one attached hydrogen (secondary N) is 1. The number of fused-ring (bicyclic) bond motifs is 1. The number of furan rings is 1. The summed E-state index contributed by atoms with van der Waals surface area (Å²) < 4.78 is 33.1. The first kappa shape index (κ1) is 25.2. The summed E-state index contributed by atoms with van der Waals surface area (Å²) in [6, 6.07) is 19.7. The van der Waals surface area contributed by atoms with Gasteiger partial charge in [0.15, 0.2) is 11.5 Å². The van der Waals surface area contributed by atoms with E-state index in [0.717, 1.165) is 19.3 Å². The number of piperidine rings is 1. The number of Topliss-reactive ketones (excluding diaryl/α,β-unsaturated/α-hetero) is 1. The molecule has 1 aromatic heterocycles. The minimum absolute atomic E-state index is 0.0966. The Labute approximate surface area is 220 Å². The molecule has 190 valence electrons. The standard InChI is InChI=1S/C28H25ClN2O5S/c29-21-12-8-20(9-13-21)27(33)28-26(23-6-2-3-7-25(23)36-28)30-18-24(32)19-10-14-22(15-11-19)37(34,35)31-16-4-1-5-17-31/h2-3,6-15,30H,1,4-5,16-18H2. The third kappa shape index (κ3) is 5.18. The predicted molar refractivity (Wildman–Crippen MR) is 143 cm³/mol. The molecule has 1 saturated heterocycles. The summed E-state index contributed by atoms with van der Waals surface area (Å²) in [6.45, 7) is 0.925. The Kier molecular flexibility index (Phi) is 7.15. The van der Waals surface area contributed by atoms with Crippen LogP contribution in [0.1, 0.15) is 45.7 Å². The first-order chi connectivity index (χ1) is 17.8. The van der Waals surface area contributed by atoms with Gasteiger partial charge in [0, 0.05) is 34.6 Å². The quantitative estimate of drug-likeness (QED) is 0.286. The molecule has 0 aliphatic carbocycles. The molecule has 1 aliphatic rings. The Morgan fingerprint density at radius 3 is 2.22 bits per heavy atom. The Hall–Kier alpha value is -3.46. The van der Waals surface area contributed by atoms with Gasteiger partial charge in [-0.1, -0.05) is 30.2 Å². The Balaban J connectivity index is 1.35. The zero-order valence-electron chi connectivity index (χ0n) is 19.9. The number of para-hydroxylation sites is 1. The second kappa shape index (κ2) is 10.5. The number of benzene rings is 3. The lowest BCUT2D eigenvalue weighted by Gasteiger charge is -2.25. The maximum Gasteiger partial charge on any atom is 0.243 e. The molecule has 9 heteroatoms. The number of carbonyl (C=O) groups is 2. The van der Waals surface area contributed by atoms with E-state index in [9.17, 15) is 18.0 Å². The minimum Gasteiger partial charge on any atom is -0.450 e. The SMILES string of the molecule is O=C(CNc1c(C(=O)c2ccc(Cl)cc2)oc2ccccc12)c1ccc(S(=O)(=O)N2CCCCC2)cc1. The fraction of sp³-hybridized carbons (Fsp3) is 0.214. The third-order valence-corrected chi connectivity index (χ3v) is 8.63. The highest BCUT2D eigenvalue weighted by molar-refractivity contribution is 7.89. The average Bonchev–Trinajstić information content (AvgIpc) is 3.31. The average molecular weight is 537 g/mol. The highest BCUT2D eigenvalue weighted by atomic mass is 35.5. The van der Waals surface area contributed by atoms with Gasteiger partial charge in [0.25, 0.3) is 0 Å². The molecule has 0 atom stereocenters. The van der Waals surface area contributed by atoms with Gasteiger partial charge < -0.3 is 9.73 Å². The Morgan fingerprint density at radius 1 is 0.865 bits per heavy atom. The van der Waals surface area contributed by atoms with Crippen LogP contribution in [0.5, 0.6) is 0 Å².